The molecule has 1 aliphatic carbocycles. The molecule has 0 unspecified atom stereocenters. The summed E-state index contributed by atoms with van der Waals surface area (Å²) in [5, 5.41) is 14.9. The van der Waals surface area contributed by atoms with Gasteiger partial charge in [-0.1, -0.05) is 6.07 Å². The van der Waals surface area contributed by atoms with Crippen LogP contribution in [0.4, 0.5) is 0 Å². The fourth-order valence-electron chi connectivity index (χ4n) is 4.82. The van der Waals surface area contributed by atoms with Gasteiger partial charge in [0.05, 0.1) is 26.4 Å². The molecule has 2 aromatic rings. The number of methoxy groups -OCH3 is 2. The average molecular weight is 399 g/mol. The van der Waals surface area contributed by atoms with Crippen molar-refractivity contribution in [2.45, 2.75) is 37.8 Å². The summed E-state index contributed by atoms with van der Waals surface area (Å²) >= 11 is 0. The highest BCUT2D eigenvalue weighted by molar-refractivity contribution is 5.76. The molecule has 156 valence electrons. The third kappa shape index (κ3) is 4.10. The Morgan fingerprint density at radius 2 is 1.93 bits per heavy atom. The van der Waals surface area contributed by atoms with Crippen molar-refractivity contribution in [1.29, 1.82) is 0 Å². The Hall–Kier alpha value is -2.54. The molecule has 0 radical (unpaired) electrons. The zero-order valence-electron chi connectivity index (χ0n) is 17.0. The number of ether oxygens (including phenoxy) is 2. The lowest BCUT2D eigenvalue weighted by atomic mass is 9.77. The SMILES string of the molecule is COc1ccc(CCC(=O)N2C[C@H]3C[C@@H](n4cccn4)[C@H](O)C[C@H]3C2)cc1OC. The molecule has 2 fully saturated rings. The lowest BCUT2D eigenvalue weighted by Crippen LogP contribution is -2.36. The fraction of sp³-hybridized carbons (Fsp3) is 0.545. The van der Waals surface area contributed by atoms with E-state index in [9.17, 15) is 9.90 Å². The van der Waals surface area contributed by atoms with Crippen LogP contribution in [0.2, 0.25) is 0 Å². The normalized spacial score (nSPS) is 26.2. The number of aromatic nitrogens is 2. The van der Waals surface area contributed by atoms with Crippen molar-refractivity contribution >= 4 is 5.91 Å². The molecule has 2 heterocycles. The van der Waals surface area contributed by atoms with Gasteiger partial charge in [-0.15, -0.1) is 0 Å². The van der Waals surface area contributed by atoms with Crippen molar-refractivity contribution in [1.82, 2.24) is 14.7 Å². The monoisotopic (exact) mass is 399 g/mol. The van der Waals surface area contributed by atoms with Crippen LogP contribution in [0, 0.1) is 11.8 Å². The fourth-order valence-corrected chi connectivity index (χ4v) is 4.82. The summed E-state index contributed by atoms with van der Waals surface area (Å²) < 4.78 is 12.5. The minimum absolute atomic E-state index is 0.00747. The maximum absolute atomic E-state index is 12.8. The first kappa shape index (κ1) is 19.8. The molecule has 1 N–H and O–H groups in total. The van der Waals surface area contributed by atoms with Crippen LogP contribution in [0.25, 0.3) is 0 Å². The molecule has 1 aliphatic heterocycles. The average Bonchev–Trinajstić information content (AvgIpc) is 3.40. The summed E-state index contributed by atoms with van der Waals surface area (Å²) in [5.74, 6) is 2.36. The highest BCUT2D eigenvalue weighted by Crippen LogP contribution is 2.41. The Morgan fingerprint density at radius 3 is 2.62 bits per heavy atom. The minimum atomic E-state index is -0.405. The highest BCUT2D eigenvalue weighted by atomic mass is 16.5. The number of carbonyl (C=O) groups is 1. The first-order valence-corrected chi connectivity index (χ1v) is 10.2. The summed E-state index contributed by atoms with van der Waals surface area (Å²) in [6.07, 6.45) is 6.00. The van der Waals surface area contributed by atoms with Crippen LogP contribution in [0.15, 0.2) is 36.7 Å². The summed E-state index contributed by atoms with van der Waals surface area (Å²) in [6, 6.07) is 7.68. The Bertz CT molecular complexity index is 839. The molecule has 1 aromatic carbocycles. The van der Waals surface area contributed by atoms with Gasteiger partial charge in [-0.3, -0.25) is 9.48 Å². The maximum Gasteiger partial charge on any atom is 0.222 e. The van der Waals surface area contributed by atoms with Crippen molar-refractivity contribution in [3.05, 3.63) is 42.2 Å². The van der Waals surface area contributed by atoms with Gasteiger partial charge in [-0.25, -0.2) is 0 Å². The molecular formula is C22H29N3O4. The van der Waals surface area contributed by atoms with Crippen molar-refractivity contribution < 1.29 is 19.4 Å². The van der Waals surface area contributed by atoms with Crippen LogP contribution in [-0.2, 0) is 11.2 Å². The van der Waals surface area contributed by atoms with Crippen LogP contribution in [0.1, 0.15) is 30.9 Å². The molecule has 7 heteroatoms. The zero-order chi connectivity index (χ0) is 20.4. The van der Waals surface area contributed by atoms with E-state index in [0.29, 0.717) is 36.2 Å². The number of aliphatic hydroxyl groups excluding tert-OH is 1. The second kappa shape index (κ2) is 8.45. The lowest BCUT2D eigenvalue weighted by molar-refractivity contribution is -0.130. The van der Waals surface area contributed by atoms with Gasteiger partial charge in [0.2, 0.25) is 5.91 Å². The van der Waals surface area contributed by atoms with E-state index in [2.05, 4.69) is 5.10 Å². The molecule has 29 heavy (non-hydrogen) atoms. The number of aryl methyl sites for hydroxylation is 1. The molecule has 1 aromatic heterocycles. The summed E-state index contributed by atoms with van der Waals surface area (Å²) in [6.45, 7) is 1.53. The number of hydrogen-bond acceptors (Lipinski definition) is 5. The van der Waals surface area contributed by atoms with E-state index in [4.69, 9.17) is 9.47 Å². The van der Waals surface area contributed by atoms with Crippen molar-refractivity contribution in [3.8, 4) is 11.5 Å². The largest absolute Gasteiger partial charge is 0.493 e. The molecular weight excluding hydrogens is 370 g/mol. The maximum atomic E-state index is 12.8. The first-order chi connectivity index (χ1) is 14.1. The number of aliphatic hydroxyl groups is 1. The second-order valence-electron chi connectivity index (χ2n) is 8.10. The third-order valence-corrected chi connectivity index (χ3v) is 6.40. The van der Waals surface area contributed by atoms with Gasteiger partial charge < -0.3 is 19.5 Å². The van der Waals surface area contributed by atoms with Crippen LogP contribution < -0.4 is 9.47 Å². The van der Waals surface area contributed by atoms with E-state index in [-0.39, 0.29) is 11.9 Å². The lowest BCUT2D eigenvalue weighted by Gasteiger charge is -2.35. The van der Waals surface area contributed by atoms with Crippen molar-refractivity contribution in [2.75, 3.05) is 27.3 Å². The Kier molecular flexibility index (Phi) is 5.76. The minimum Gasteiger partial charge on any atom is -0.493 e. The van der Waals surface area contributed by atoms with E-state index in [1.807, 2.05) is 40.0 Å². The van der Waals surface area contributed by atoms with Gasteiger partial charge in [-0.05, 0) is 54.9 Å². The molecule has 1 saturated heterocycles. The van der Waals surface area contributed by atoms with Gasteiger partial charge in [-0.2, -0.15) is 5.10 Å². The Labute approximate surface area is 171 Å². The number of amides is 1. The van der Waals surface area contributed by atoms with Crippen molar-refractivity contribution in [2.24, 2.45) is 11.8 Å². The Morgan fingerprint density at radius 1 is 1.17 bits per heavy atom. The first-order valence-electron chi connectivity index (χ1n) is 10.2. The molecule has 2 aliphatic rings. The third-order valence-electron chi connectivity index (χ3n) is 6.40. The van der Waals surface area contributed by atoms with Crippen LogP contribution in [0.5, 0.6) is 11.5 Å². The Balaban J connectivity index is 1.34. The number of likely N-dealkylation sites (tertiary alicyclic amines) is 1. The topological polar surface area (TPSA) is 76.8 Å². The number of hydrogen-bond donors (Lipinski definition) is 1. The predicted octanol–water partition coefficient (Wildman–Crippen LogP) is 2.30. The standard InChI is InChI=1S/C22H29N3O4/c1-28-20-6-4-15(10-21(20)29-2)5-7-22(27)24-13-16-11-18(25-9-3-8-23-25)19(26)12-17(16)14-24/h3-4,6,8-10,16-19,26H,5,7,11-14H2,1-2H3/t16-,17+,18-,19-/m1/s1. The zero-order valence-corrected chi connectivity index (χ0v) is 17.0. The quantitative estimate of drug-likeness (QED) is 0.807. The summed E-state index contributed by atoms with van der Waals surface area (Å²) in [5.41, 5.74) is 1.06. The van der Waals surface area contributed by atoms with E-state index < -0.39 is 6.10 Å². The molecule has 0 bridgehead atoms. The second-order valence-corrected chi connectivity index (χ2v) is 8.10. The van der Waals surface area contributed by atoms with Gasteiger partial charge in [0.15, 0.2) is 11.5 Å². The summed E-state index contributed by atoms with van der Waals surface area (Å²) in [7, 11) is 3.23. The van der Waals surface area contributed by atoms with Gasteiger partial charge in [0.25, 0.3) is 0 Å². The van der Waals surface area contributed by atoms with E-state index >= 15 is 0 Å². The summed E-state index contributed by atoms with van der Waals surface area (Å²) in [4.78, 5) is 14.8. The molecule has 0 spiro atoms. The smallest absolute Gasteiger partial charge is 0.222 e. The van der Waals surface area contributed by atoms with Crippen molar-refractivity contribution in [3.63, 3.8) is 0 Å². The number of nitrogens with zero attached hydrogens (tertiary/aromatic N) is 3. The van der Waals surface area contributed by atoms with Crippen LogP contribution in [-0.4, -0.2) is 59.1 Å². The van der Waals surface area contributed by atoms with Gasteiger partial charge in [0.1, 0.15) is 0 Å². The highest BCUT2D eigenvalue weighted by Gasteiger charge is 2.43. The van der Waals surface area contributed by atoms with Crippen LogP contribution >= 0.6 is 0 Å². The van der Waals surface area contributed by atoms with E-state index in [0.717, 1.165) is 31.5 Å². The molecule has 7 nitrogen and oxygen atoms in total. The molecule has 4 rings (SSSR count). The van der Waals surface area contributed by atoms with Crippen LogP contribution in [0.3, 0.4) is 0 Å². The van der Waals surface area contributed by atoms with E-state index in [1.54, 1.807) is 20.4 Å². The predicted molar refractivity (Wildman–Crippen MR) is 108 cm³/mol. The number of fused-ring (bicyclic) bond motifs is 1. The van der Waals surface area contributed by atoms with E-state index in [1.165, 1.54) is 0 Å². The number of carbonyl (C=O) groups excluding carboxylic acids is 1. The molecule has 1 amide bonds. The molecule has 4 atom stereocenters. The number of rotatable bonds is 6. The van der Waals surface area contributed by atoms with Gasteiger partial charge >= 0.3 is 0 Å². The molecule has 1 saturated carbocycles. The van der Waals surface area contributed by atoms with Gasteiger partial charge in [0, 0.05) is 31.9 Å². The number of benzene rings is 1.